The van der Waals surface area contributed by atoms with E-state index in [9.17, 15) is 4.79 Å². The summed E-state index contributed by atoms with van der Waals surface area (Å²) in [5, 5.41) is 3.07. The van der Waals surface area contributed by atoms with E-state index in [1.807, 2.05) is 0 Å². The minimum absolute atomic E-state index is 0.134. The minimum Gasteiger partial charge on any atom is -0.352 e. The monoisotopic (exact) mass is 217 g/mol. The Kier molecular flexibility index (Phi) is 3.15. The van der Waals surface area contributed by atoms with Crippen molar-refractivity contribution in [2.24, 2.45) is 10.8 Å². The predicted molar refractivity (Wildman–Crippen MR) is 59.4 cm³/mol. The van der Waals surface area contributed by atoms with E-state index in [-0.39, 0.29) is 16.7 Å². The Labute approximate surface area is 91.4 Å². The van der Waals surface area contributed by atoms with Crippen LogP contribution in [0.25, 0.3) is 0 Å². The first-order chi connectivity index (χ1) is 6.34. The topological polar surface area (TPSA) is 29.1 Å². The fraction of sp³-hybridized carbons (Fsp3) is 0.909. The summed E-state index contributed by atoms with van der Waals surface area (Å²) in [7, 11) is 0. The van der Waals surface area contributed by atoms with Crippen molar-refractivity contribution in [1.29, 1.82) is 0 Å². The van der Waals surface area contributed by atoms with E-state index in [0.717, 1.165) is 6.42 Å². The molecule has 0 unspecified atom stereocenters. The van der Waals surface area contributed by atoms with Crippen LogP contribution in [0, 0.1) is 10.8 Å². The Bertz CT molecular complexity index is 221. The van der Waals surface area contributed by atoms with Crippen molar-refractivity contribution in [1.82, 2.24) is 5.32 Å². The van der Waals surface area contributed by atoms with E-state index in [1.54, 1.807) is 0 Å². The number of hydrogen-bond acceptors (Lipinski definition) is 1. The lowest BCUT2D eigenvalue weighted by atomic mass is 10.0. The van der Waals surface area contributed by atoms with Crippen LogP contribution in [-0.4, -0.2) is 17.8 Å². The van der Waals surface area contributed by atoms with Crippen molar-refractivity contribution >= 4 is 17.5 Å². The van der Waals surface area contributed by atoms with Gasteiger partial charge < -0.3 is 5.32 Å². The van der Waals surface area contributed by atoms with Gasteiger partial charge in [0.15, 0.2) is 0 Å². The molecule has 1 rings (SSSR count). The largest absolute Gasteiger partial charge is 0.352 e. The van der Waals surface area contributed by atoms with Crippen LogP contribution in [0.5, 0.6) is 0 Å². The summed E-state index contributed by atoms with van der Waals surface area (Å²) in [6.45, 7) is 8.78. The SMILES string of the molecule is CC1(C)C(NC(=O)CCCCl)C1(C)C. The van der Waals surface area contributed by atoms with Crippen LogP contribution in [0.15, 0.2) is 0 Å². The molecular weight excluding hydrogens is 198 g/mol. The summed E-state index contributed by atoms with van der Waals surface area (Å²) in [6.07, 6.45) is 1.31. The zero-order valence-corrected chi connectivity index (χ0v) is 10.2. The Morgan fingerprint density at radius 2 is 1.79 bits per heavy atom. The summed E-state index contributed by atoms with van der Waals surface area (Å²) in [5.41, 5.74) is 0.452. The highest BCUT2D eigenvalue weighted by Crippen LogP contribution is 2.62. The molecule has 0 atom stereocenters. The number of rotatable bonds is 4. The summed E-state index contributed by atoms with van der Waals surface area (Å²) in [4.78, 5) is 11.5. The summed E-state index contributed by atoms with van der Waals surface area (Å²) in [6, 6.07) is 0.317. The average molecular weight is 218 g/mol. The van der Waals surface area contributed by atoms with Crippen molar-refractivity contribution < 1.29 is 4.79 Å². The maximum atomic E-state index is 11.5. The van der Waals surface area contributed by atoms with Crippen molar-refractivity contribution in [3.63, 3.8) is 0 Å². The summed E-state index contributed by atoms with van der Waals surface area (Å²) in [5.74, 6) is 0.694. The maximum absolute atomic E-state index is 11.5. The van der Waals surface area contributed by atoms with Crippen molar-refractivity contribution in [3.05, 3.63) is 0 Å². The number of carbonyl (C=O) groups is 1. The minimum atomic E-state index is 0.134. The molecule has 1 aliphatic rings. The van der Waals surface area contributed by atoms with E-state index in [0.29, 0.717) is 18.3 Å². The van der Waals surface area contributed by atoms with E-state index < -0.39 is 0 Å². The molecule has 82 valence electrons. The summed E-state index contributed by atoms with van der Waals surface area (Å²) >= 11 is 5.53. The smallest absolute Gasteiger partial charge is 0.220 e. The number of amides is 1. The highest BCUT2D eigenvalue weighted by Gasteiger charge is 2.65. The molecule has 1 N–H and O–H groups in total. The molecule has 0 aromatic rings. The molecule has 0 heterocycles. The Balaban J connectivity index is 2.37. The molecule has 14 heavy (non-hydrogen) atoms. The zero-order chi connectivity index (χ0) is 11.0. The lowest BCUT2D eigenvalue weighted by Crippen LogP contribution is -2.29. The van der Waals surface area contributed by atoms with Crippen molar-refractivity contribution in [2.75, 3.05) is 5.88 Å². The lowest BCUT2D eigenvalue weighted by molar-refractivity contribution is -0.121. The van der Waals surface area contributed by atoms with Gasteiger partial charge in [-0.1, -0.05) is 27.7 Å². The molecule has 0 aliphatic heterocycles. The molecule has 1 fully saturated rings. The molecule has 0 aromatic heterocycles. The number of nitrogens with one attached hydrogen (secondary N) is 1. The van der Waals surface area contributed by atoms with E-state index in [4.69, 9.17) is 11.6 Å². The number of alkyl halides is 1. The number of hydrogen-bond donors (Lipinski definition) is 1. The van der Waals surface area contributed by atoms with Gasteiger partial charge in [0.05, 0.1) is 0 Å². The van der Waals surface area contributed by atoms with Crippen LogP contribution in [0.1, 0.15) is 40.5 Å². The third-order valence-electron chi connectivity index (χ3n) is 3.86. The van der Waals surface area contributed by atoms with Gasteiger partial charge in [-0.3, -0.25) is 4.79 Å². The van der Waals surface area contributed by atoms with Crippen LogP contribution in [0.2, 0.25) is 0 Å². The highest BCUT2D eigenvalue weighted by atomic mass is 35.5. The normalized spacial score (nSPS) is 23.2. The zero-order valence-electron chi connectivity index (χ0n) is 9.48. The molecule has 3 heteroatoms. The number of carbonyl (C=O) groups excluding carboxylic acids is 1. The summed E-state index contributed by atoms with van der Waals surface area (Å²) < 4.78 is 0. The van der Waals surface area contributed by atoms with Crippen LogP contribution in [0.3, 0.4) is 0 Å². The van der Waals surface area contributed by atoms with Crippen molar-refractivity contribution in [3.8, 4) is 0 Å². The maximum Gasteiger partial charge on any atom is 0.220 e. The fourth-order valence-electron chi connectivity index (χ4n) is 2.02. The molecule has 0 aromatic carbocycles. The molecule has 0 saturated heterocycles. The van der Waals surface area contributed by atoms with E-state index in [2.05, 4.69) is 33.0 Å². The second-order valence-corrected chi connectivity index (χ2v) is 5.61. The van der Waals surface area contributed by atoms with Gasteiger partial charge in [-0.15, -0.1) is 11.6 Å². The van der Waals surface area contributed by atoms with Crippen LogP contribution < -0.4 is 5.32 Å². The van der Waals surface area contributed by atoms with Gasteiger partial charge in [-0.25, -0.2) is 0 Å². The van der Waals surface area contributed by atoms with E-state index in [1.165, 1.54) is 0 Å². The molecular formula is C11H20ClNO. The average Bonchev–Trinajstić information content (AvgIpc) is 2.44. The first kappa shape index (κ1) is 11.8. The molecule has 0 radical (unpaired) electrons. The molecule has 1 aliphatic carbocycles. The van der Waals surface area contributed by atoms with Gasteiger partial charge in [0.1, 0.15) is 0 Å². The molecule has 2 nitrogen and oxygen atoms in total. The quantitative estimate of drug-likeness (QED) is 0.721. The molecule has 0 spiro atoms. The van der Waals surface area contributed by atoms with Gasteiger partial charge in [0.25, 0.3) is 0 Å². The first-order valence-electron chi connectivity index (χ1n) is 5.19. The lowest BCUT2D eigenvalue weighted by Gasteiger charge is -2.05. The van der Waals surface area contributed by atoms with Crippen LogP contribution in [0.4, 0.5) is 0 Å². The van der Waals surface area contributed by atoms with Gasteiger partial charge >= 0.3 is 0 Å². The second kappa shape index (κ2) is 3.73. The van der Waals surface area contributed by atoms with Gasteiger partial charge in [-0.2, -0.15) is 0 Å². The Morgan fingerprint density at radius 1 is 1.29 bits per heavy atom. The second-order valence-electron chi connectivity index (χ2n) is 5.24. The Morgan fingerprint density at radius 3 is 2.14 bits per heavy atom. The van der Waals surface area contributed by atoms with Gasteiger partial charge in [-0.05, 0) is 17.3 Å². The Hall–Kier alpha value is -0.240. The van der Waals surface area contributed by atoms with Gasteiger partial charge in [0, 0.05) is 18.3 Å². The van der Waals surface area contributed by atoms with E-state index >= 15 is 0 Å². The number of halogens is 1. The van der Waals surface area contributed by atoms with Gasteiger partial charge in [0.2, 0.25) is 5.91 Å². The molecule has 1 amide bonds. The third kappa shape index (κ3) is 1.90. The van der Waals surface area contributed by atoms with Crippen LogP contribution in [-0.2, 0) is 4.79 Å². The van der Waals surface area contributed by atoms with Crippen molar-refractivity contribution in [2.45, 2.75) is 46.6 Å². The predicted octanol–water partition coefficient (Wildman–Crippen LogP) is 2.56. The standard InChI is InChI=1S/C11H20ClNO/c1-10(2)9(11(10,3)4)13-8(14)6-5-7-12/h9H,5-7H2,1-4H3,(H,13,14). The third-order valence-corrected chi connectivity index (χ3v) is 4.13. The molecule has 0 bridgehead atoms. The van der Waals surface area contributed by atoms with Crippen LogP contribution >= 0.6 is 11.6 Å². The fourth-order valence-corrected chi connectivity index (χ4v) is 2.15. The molecule has 1 saturated carbocycles. The highest BCUT2D eigenvalue weighted by molar-refractivity contribution is 6.17. The first-order valence-corrected chi connectivity index (χ1v) is 5.73.